The van der Waals surface area contributed by atoms with Crippen LogP contribution in [0.15, 0.2) is 85.5 Å². The Morgan fingerprint density at radius 3 is 1.74 bits per heavy atom. The Morgan fingerprint density at radius 1 is 0.755 bits per heavy atom. The van der Waals surface area contributed by atoms with E-state index in [2.05, 4.69) is 27.7 Å². The molecule has 10 rings (SSSR count). The molecule has 6 aromatic rings. The molecule has 6 atom stereocenters. The first-order chi connectivity index (χ1) is 25.8. The van der Waals surface area contributed by atoms with E-state index in [4.69, 9.17) is 16.1 Å². The quantitative estimate of drug-likeness (QED) is 0.185. The van der Waals surface area contributed by atoms with Crippen molar-refractivity contribution < 1.29 is 14.7 Å². The van der Waals surface area contributed by atoms with E-state index in [0.717, 1.165) is 62.8 Å². The summed E-state index contributed by atoms with van der Waals surface area (Å²) in [6.45, 7) is 0. The Balaban J connectivity index is 0.000000126. The highest BCUT2D eigenvalue weighted by Gasteiger charge is 2.47. The van der Waals surface area contributed by atoms with Gasteiger partial charge in [-0.05, 0) is 99.2 Å². The van der Waals surface area contributed by atoms with Gasteiger partial charge in [0.1, 0.15) is 0 Å². The van der Waals surface area contributed by atoms with E-state index in [9.17, 15) is 14.9 Å². The summed E-state index contributed by atoms with van der Waals surface area (Å²) >= 11 is 3.04. The summed E-state index contributed by atoms with van der Waals surface area (Å²) in [5, 5.41) is 31.7. The number of hydrogen-bond donors (Lipinski definition) is 3. The molecule has 1 amide bonds. The van der Waals surface area contributed by atoms with Gasteiger partial charge in [0, 0.05) is 48.5 Å². The van der Waals surface area contributed by atoms with Crippen molar-refractivity contribution >= 4 is 55.0 Å². The predicted octanol–water partition coefficient (Wildman–Crippen LogP) is 5.72. The number of carbonyl (C=O) groups excluding carboxylic acids is 1. The zero-order valence-corrected chi connectivity index (χ0v) is 30.2. The van der Waals surface area contributed by atoms with E-state index in [0.29, 0.717) is 29.3 Å². The Kier molecular flexibility index (Phi) is 9.30. The van der Waals surface area contributed by atoms with Crippen molar-refractivity contribution in [2.45, 2.75) is 74.8 Å². The lowest BCUT2D eigenvalue weighted by molar-refractivity contribution is 0.0696. The maximum atomic E-state index is 12.7. The molecule has 0 unspecified atom stereocenters. The number of hydrogen-bond acceptors (Lipinski definition) is 11. The predicted molar refractivity (Wildman–Crippen MR) is 202 cm³/mol. The van der Waals surface area contributed by atoms with Crippen LogP contribution in [0.1, 0.15) is 59.2 Å². The maximum absolute atomic E-state index is 12.7. The number of aromatic carboxylic acids is 1. The molecule has 53 heavy (non-hydrogen) atoms. The van der Waals surface area contributed by atoms with Gasteiger partial charge in [0.25, 0.3) is 5.91 Å². The molecule has 4 aliphatic heterocycles. The largest absolute Gasteiger partial charge is 0.478 e. The monoisotopic (exact) mass is 744 g/mol. The summed E-state index contributed by atoms with van der Waals surface area (Å²) in [7, 11) is 0. The van der Waals surface area contributed by atoms with E-state index in [1.54, 1.807) is 29.5 Å². The van der Waals surface area contributed by atoms with Crippen molar-refractivity contribution in [3.8, 4) is 22.6 Å². The lowest BCUT2D eigenvalue weighted by atomic mass is 9.95. The van der Waals surface area contributed by atoms with Crippen LogP contribution >= 0.6 is 22.7 Å². The van der Waals surface area contributed by atoms with E-state index in [1.165, 1.54) is 17.8 Å². The molecule has 0 aliphatic carbocycles. The van der Waals surface area contributed by atoms with E-state index in [-0.39, 0.29) is 24.0 Å². The number of aromatic nitrogens is 4. The van der Waals surface area contributed by atoms with Gasteiger partial charge in [-0.15, -0.1) is 0 Å². The minimum atomic E-state index is -0.914. The second-order valence-electron chi connectivity index (χ2n) is 13.7. The van der Waals surface area contributed by atoms with Crippen LogP contribution in [-0.2, 0) is 0 Å². The van der Waals surface area contributed by atoms with Crippen LogP contribution < -0.4 is 11.1 Å². The number of benzene rings is 2. The average molecular weight is 745 g/mol. The summed E-state index contributed by atoms with van der Waals surface area (Å²) in [5.41, 5.74) is 8.45. The molecule has 4 bridgehead atoms. The zero-order chi connectivity index (χ0) is 36.6. The lowest BCUT2D eigenvalue weighted by Gasteiger charge is -2.21. The number of thiazole rings is 2. The van der Waals surface area contributed by atoms with Gasteiger partial charge in [-0.2, -0.15) is 10.5 Å². The van der Waals surface area contributed by atoms with Crippen molar-refractivity contribution in [2.75, 3.05) is 0 Å². The third-order valence-corrected chi connectivity index (χ3v) is 12.6. The number of nitrogens with two attached hydrogens (primary N) is 1. The third-order valence-electron chi connectivity index (χ3n) is 10.6. The lowest BCUT2D eigenvalue weighted by Crippen LogP contribution is -2.43. The van der Waals surface area contributed by atoms with Crippen LogP contribution in [0.2, 0.25) is 0 Å². The van der Waals surface area contributed by atoms with Gasteiger partial charge >= 0.3 is 5.97 Å². The fraction of sp³-hybridized carbons (Fsp3) is 0.316. The smallest absolute Gasteiger partial charge is 0.335 e. The SMILES string of the molecule is N#CN1[C@H]2CC[C@@H]1[C@H](N)C2.N#CN1[C@H]2CC[C@@H]1[C@H](NC(=O)c1ccc3nc(-n4cccc4)sc3c1)C2.O=C(O)c1ccc2nc(-n3cccc3)sc2c1. The molecular formula is C38H36N10O3S2. The molecule has 8 heterocycles. The number of nitriles is 2. The molecule has 4 fully saturated rings. The second kappa shape index (κ2) is 14.4. The van der Waals surface area contributed by atoms with Gasteiger partial charge < -0.3 is 35.1 Å². The van der Waals surface area contributed by atoms with Crippen LogP contribution in [0, 0.1) is 22.9 Å². The summed E-state index contributed by atoms with van der Waals surface area (Å²) in [6.07, 6.45) is 18.5. The normalized spacial score (nSPS) is 23.6. The van der Waals surface area contributed by atoms with E-state index >= 15 is 0 Å². The van der Waals surface area contributed by atoms with Gasteiger partial charge in [0.2, 0.25) is 0 Å². The van der Waals surface area contributed by atoms with Gasteiger partial charge in [-0.3, -0.25) is 4.79 Å². The second-order valence-corrected chi connectivity index (χ2v) is 15.7. The minimum absolute atomic E-state index is 0.0634. The Bertz CT molecular complexity index is 2360. The van der Waals surface area contributed by atoms with E-state index < -0.39 is 5.97 Å². The third kappa shape index (κ3) is 6.70. The highest BCUT2D eigenvalue weighted by Crippen LogP contribution is 2.38. The topological polar surface area (TPSA) is 182 Å². The molecule has 2 aromatic carbocycles. The number of carbonyl (C=O) groups is 2. The molecule has 268 valence electrons. The summed E-state index contributed by atoms with van der Waals surface area (Å²) in [4.78, 5) is 36.4. The first-order valence-corrected chi connectivity index (χ1v) is 19.2. The summed E-state index contributed by atoms with van der Waals surface area (Å²) in [6, 6.07) is 20.0. The first kappa shape index (κ1) is 34.4. The number of carboxylic acids is 1. The summed E-state index contributed by atoms with van der Waals surface area (Å²) < 4.78 is 5.75. The van der Waals surface area contributed by atoms with Crippen molar-refractivity contribution in [2.24, 2.45) is 5.73 Å². The number of carboxylic acid groups (broad SMARTS) is 1. The molecular weight excluding hydrogens is 709 g/mol. The standard InChI is InChI=1S/C19H17N5OS.C12H8N2O2S.C7H11N3/c20-11-24-13-4-6-16(24)15(10-13)21-18(25)12-3-5-14-17(9-12)26-19(22-14)23-7-1-2-8-23;15-11(16)8-3-4-9-10(7-8)17-12(13-9)14-5-1-2-6-14;8-4-10-5-1-2-7(10)6(9)3-5/h1-3,5,7-9,13,15-16H,4,6,10H2,(H,21,25);1-7H,(H,15,16);5-7H,1-3,9H2/t13-,15+,16+;;5-,6+,7+/m0.0/s1. The Morgan fingerprint density at radius 2 is 1.26 bits per heavy atom. The van der Waals surface area contributed by atoms with Crippen LogP contribution in [0.25, 0.3) is 30.7 Å². The molecule has 15 heteroatoms. The minimum Gasteiger partial charge on any atom is -0.478 e. The van der Waals surface area contributed by atoms with Crippen molar-refractivity contribution in [3.05, 3.63) is 96.6 Å². The van der Waals surface area contributed by atoms with Crippen LogP contribution in [0.5, 0.6) is 0 Å². The number of fused-ring (bicyclic) bond motifs is 6. The maximum Gasteiger partial charge on any atom is 0.335 e. The van der Waals surface area contributed by atoms with Gasteiger partial charge in [-0.1, -0.05) is 22.7 Å². The fourth-order valence-corrected chi connectivity index (χ4v) is 9.93. The fourth-order valence-electron chi connectivity index (χ4n) is 7.99. The van der Waals surface area contributed by atoms with Gasteiger partial charge in [0.05, 0.1) is 44.1 Å². The average Bonchev–Trinajstić information content (AvgIpc) is 4.03. The van der Waals surface area contributed by atoms with Crippen LogP contribution in [0.4, 0.5) is 0 Å². The van der Waals surface area contributed by atoms with Crippen molar-refractivity contribution in [3.63, 3.8) is 0 Å². The van der Waals surface area contributed by atoms with Gasteiger partial charge in [-0.25, -0.2) is 14.8 Å². The molecule has 0 radical (unpaired) electrons. The summed E-state index contributed by atoms with van der Waals surface area (Å²) in [5.74, 6) is -0.985. The molecule has 0 spiro atoms. The van der Waals surface area contributed by atoms with Crippen LogP contribution in [0.3, 0.4) is 0 Å². The van der Waals surface area contributed by atoms with Crippen molar-refractivity contribution in [1.82, 2.24) is 34.2 Å². The molecule has 4 aliphatic rings. The first-order valence-electron chi connectivity index (χ1n) is 17.5. The number of rotatable bonds is 5. The van der Waals surface area contributed by atoms with E-state index in [1.807, 2.05) is 86.2 Å². The number of nitrogens with one attached hydrogen (secondary N) is 1. The van der Waals surface area contributed by atoms with Crippen LogP contribution in [-0.4, -0.2) is 82.1 Å². The zero-order valence-electron chi connectivity index (χ0n) is 28.5. The number of nitrogens with zero attached hydrogens (tertiary/aromatic N) is 8. The number of amides is 1. The Hall–Kier alpha value is -5.74. The highest BCUT2D eigenvalue weighted by atomic mass is 32.1. The van der Waals surface area contributed by atoms with Crippen molar-refractivity contribution in [1.29, 1.82) is 10.5 Å². The molecule has 13 nitrogen and oxygen atoms in total. The highest BCUT2D eigenvalue weighted by molar-refractivity contribution is 7.21. The van der Waals surface area contributed by atoms with Gasteiger partial charge in [0.15, 0.2) is 22.6 Å². The molecule has 4 aromatic heterocycles. The molecule has 0 saturated carbocycles. The molecule has 4 N–H and O–H groups in total. The molecule has 4 saturated heterocycles. The Labute approximate surface area is 313 Å².